The van der Waals surface area contributed by atoms with Gasteiger partial charge in [-0.3, -0.25) is 14.5 Å². The Morgan fingerprint density at radius 2 is 1.58 bits per heavy atom. The van der Waals surface area contributed by atoms with Crippen molar-refractivity contribution in [2.24, 2.45) is 0 Å². The Morgan fingerprint density at radius 1 is 1.00 bits per heavy atom. The molecule has 9 nitrogen and oxygen atoms in total. The number of benzene rings is 1. The third-order valence-electron chi connectivity index (χ3n) is 5.69. The zero-order chi connectivity index (χ0) is 26.6. The number of amides is 2. The lowest BCUT2D eigenvalue weighted by Crippen LogP contribution is -2.47. The molecule has 0 bridgehead atoms. The van der Waals surface area contributed by atoms with Crippen molar-refractivity contribution >= 4 is 17.8 Å². The predicted octanol–water partition coefficient (Wildman–Crippen LogP) is 1.45. The van der Waals surface area contributed by atoms with Crippen molar-refractivity contribution < 1.29 is 41.8 Å². The first kappa shape index (κ1) is 29.5. The molecule has 2 fully saturated rings. The van der Waals surface area contributed by atoms with Gasteiger partial charge in [-0.25, -0.2) is 9.18 Å². The Hall–Kier alpha value is -2.77. The molecule has 2 N–H and O–H groups in total. The number of carbonyl (C=O) groups is 3. The Kier molecular flexibility index (Phi) is 12.0. The van der Waals surface area contributed by atoms with Crippen LogP contribution in [0.4, 0.5) is 17.6 Å². The van der Waals surface area contributed by atoms with Gasteiger partial charge in [-0.05, 0) is 30.7 Å². The molecule has 36 heavy (non-hydrogen) atoms. The van der Waals surface area contributed by atoms with Crippen LogP contribution in [-0.2, 0) is 14.3 Å². The summed E-state index contributed by atoms with van der Waals surface area (Å²) in [5.41, 5.74) is 0.451. The number of nitrogens with zero attached hydrogens (tertiary/aromatic N) is 3. The van der Waals surface area contributed by atoms with E-state index in [0.717, 1.165) is 52.4 Å². The highest BCUT2D eigenvalue weighted by molar-refractivity contribution is 5.94. The van der Waals surface area contributed by atoms with Gasteiger partial charge in [0.1, 0.15) is 5.82 Å². The molecule has 0 aromatic heterocycles. The molecule has 1 aromatic rings. The van der Waals surface area contributed by atoms with E-state index in [1.165, 1.54) is 24.3 Å². The summed E-state index contributed by atoms with van der Waals surface area (Å²) < 4.78 is 50.3. The van der Waals surface area contributed by atoms with Gasteiger partial charge < -0.3 is 25.0 Å². The number of rotatable bonds is 8. The van der Waals surface area contributed by atoms with Crippen molar-refractivity contribution in [2.45, 2.75) is 19.0 Å². The second-order valence-electron chi connectivity index (χ2n) is 8.29. The minimum absolute atomic E-state index is 0.0802. The summed E-state index contributed by atoms with van der Waals surface area (Å²) >= 11 is 0. The van der Waals surface area contributed by atoms with E-state index in [1.807, 2.05) is 4.90 Å². The molecule has 3 rings (SSSR count). The van der Waals surface area contributed by atoms with Crippen LogP contribution in [0.15, 0.2) is 24.3 Å². The minimum atomic E-state index is -5.08. The normalized spacial score (nSPS) is 16.6. The van der Waals surface area contributed by atoms with Crippen LogP contribution in [-0.4, -0.2) is 116 Å². The van der Waals surface area contributed by atoms with E-state index in [1.54, 1.807) is 4.90 Å². The van der Waals surface area contributed by atoms with Crippen LogP contribution >= 0.6 is 0 Å². The maximum Gasteiger partial charge on any atom is 0.490 e. The monoisotopic (exact) mass is 520 g/mol. The zero-order valence-corrected chi connectivity index (χ0v) is 19.9. The average molecular weight is 521 g/mol. The number of carbonyl (C=O) groups excluding carboxylic acids is 2. The van der Waals surface area contributed by atoms with E-state index in [4.69, 9.17) is 14.6 Å². The molecule has 2 aliphatic rings. The largest absolute Gasteiger partial charge is 0.490 e. The maximum atomic E-state index is 13.2. The number of halogens is 4. The third-order valence-corrected chi connectivity index (χ3v) is 5.69. The molecule has 0 atom stereocenters. The van der Waals surface area contributed by atoms with E-state index in [0.29, 0.717) is 38.2 Å². The van der Waals surface area contributed by atoms with Gasteiger partial charge in [0.05, 0.1) is 13.2 Å². The fourth-order valence-electron chi connectivity index (χ4n) is 3.70. The molecule has 0 saturated carbocycles. The summed E-state index contributed by atoms with van der Waals surface area (Å²) in [4.78, 5) is 40.3. The molecule has 0 unspecified atom stereocenters. The summed E-state index contributed by atoms with van der Waals surface area (Å²) in [6.07, 6.45) is -3.95. The summed E-state index contributed by atoms with van der Waals surface area (Å²) in [5, 5.41) is 10.4. The summed E-state index contributed by atoms with van der Waals surface area (Å²) in [5.74, 6) is -3.20. The minimum Gasteiger partial charge on any atom is -0.475 e. The quantitative estimate of drug-likeness (QED) is 0.501. The molecule has 0 spiro atoms. The van der Waals surface area contributed by atoms with Crippen LogP contribution in [0.2, 0.25) is 0 Å². The smallest absolute Gasteiger partial charge is 0.475 e. The van der Waals surface area contributed by atoms with Gasteiger partial charge in [-0.15, -0.1) is 0 Å². The van der Waals surface area contributed by atoms with Crippen LogP contribution in [0.3, 0.4) is 0 Å². The van der Waals surface area contributed by atoms with Crippen LogP contribution < -0.4 is 5.32 Å². The Morgan fingerprint density at radius 3 is 2.14 bits per heavy atom. The van der Waals surface area contributed by atoms with E-state index < -0.39 is 12.1 Å². The molecule has 0 aliphatic carbocycles. The molecule has 2 heterocycles. The maximum absolute atomic E-state index is 13.2. The van der Waals surface area contributed by atoms with Gasteiger partial charge in [0, 0.05) is 70.9 Å². The number of morpholine rings is 1. The fourth-order valence-corrected chi connectivity index (χ4v) is 3.70. The van der Waals surface area contributed by atoms with E-state index in [2.05, 4.69) is 10.2 Å². The highest BCUT2D eigenvalue weighted by atomic mass is 19.4. The van der Waals surface area contributed by atoms with Gasteiger partial charge in [0.2, 0.25) is 5.91 Å². The molecule has 2 saturated heterocycles. The molecular formula is C23H32F4N4O5. The van der Waals surface area contributed by atoms with Crippen molar-refractivity contribution in [3.8, 4) is 0 Å². The number of carboxylic acids is 1. The van der Waals surface area contributed by atoms with Crippen LogP contribution in [0.5, 0.6) is 0 Å². The van der Waals surface area contributed by atoms with E-state index >= 15 is 0 Å². The summed E-state index contributed by atoms with van der Waals surface area (Å²) in [6, 6.07) is 5.60. The Balaban J connectivity index is 0.000000572. The first-order chi connectivity index (χ1) is 17.1. The lowest BCUT2D eigenvalue weighted by atomic mass is 10.1. The van der Waals surface area contributed by atoms with Gasteiger partial charge in [0.15, 0.2) is 0 Å². The summed E-state index contributed by atoms with van der Waals surface area (Å²) in [7, 11) is 0. The predicted molar refractivity (Wildman–Crippen MR) is 122 cm³/mol. The summed E-state index contributed by atoms with van der Waals surface area (Å²) in [6.45, 7) is 8.19. The van der Waals surface area contributed by atoms with Crippen LogP contribution in [0.25, 0.3) is 0 Å². The number of carboxylic acid groups (broad SMARTS) is 1. The van der Waals surface area contributed by atoms with Crippen LogP contribution in [0.1, 0.15) is 23.2 Å². The second kappa shape index (κ2) is 14.7. The number of piperazine rings is 1. The first-order valence-corrected chi connectivity index (χ1v) is 11.7. The van der Waals surface area contributed by atoms with Gasteiger partial charge >= 0.3 is 12.1 Å². The number of hydrogen-bond acceptors (Lipinski definition) is 6. The molecule has 2 amide bonds. The SMILES string of the molecule is O=C(CCN(CCCN1CCOCC1)C(=O)c1ccc(F)cc1)N1CCNCC1.O=C(O)C(F)(F)F. The van der Waals surface area contributed by atoms with Crippen LogP contribution in [0, 0.1) is 5.82 Å². The number of hydrogen-bond donors (Lipinski definition) is 2. The van der Waals surface area contributed by atoms with Gasteiger partial charge in [-0.1, -0.05) is 0 Å². The average Bonchev–Trinajstić information content (AvgIpc) is 2.87. The lowest BCUT2D eigenvalue weighted by molar-refractivity contribution is -0.192. The van der Waals surface area contributed by atoms with E-state index in [9.17, 15) is 27.2 Å². The fraction of sp³-hybridized carbons (Fsp3) is 0.609. The second-order valence-corrected chi connectivity index (χ2v) is 8.29. The molecule has 2 aliphatic heterocycles. The number of nitrogens with one attached hydrogen (secondary N) is 1. The standard InChI is InChI=1S/C21H31FN4O3.C2HF3O2/c22-19-4-2-18(3-5-19)21(28)26(10-1-9-24-14-16-29-17-15-24)11-6-20(27)25-12-7-23-8-13-25;3-2(4,5)1(6)7/h2-5,23H,1,6-17H2;(H,6,7). The van der Waals surface area contributed by atoms with Crippen molar-refractivity contribution in [3.63, 3.8) is 0 Å². The topological polar surface area (TPSA) is 102 Å². The van der Waals surface area contributed by atoms with Crippen molar-refractivity contribution in [1.29, 1.82) is 0 Å². The number of aliphatic carboxylic acids is 1. The number of alkyl halides is 3. The molecule has 1 aromatic carbocycles. The van der Waals surface area contributed by atoms with Crippen molar-refractivity contribution in [3.05, 3.63) is 35.6 Å². The van der Waals surface area contributed by atoms with Crippen molar-refractivity contribution in [2.75, 3.05) is 72.1 Å². The zero-order valence-electron chi connectivity index (χ0n) is 19.9. The molecular weight excluding hydrogens is 488 g/mol. The van der Waals surface area contributed by atoms with Gasteiger partial charge in [0.25, 0.3) is 5.91 Å². The Labute approximate surface area is 207 Å². The number of ether oxygens (including phenoxy) is 1. The molecule has 0 radical (unpaired) electrons. The highest BCUT2D eigenvalue weighted by Gasteiger charge is 2.38. The first-order valence-electron chi connectivity index (χ1n) is 11.7. The lowest BCUT2D eigenvalue weighted by Gasteiger charge is -2.30. The molecule has 202 valence electrons. The van der Waals surface area contributed by atoms with E-state index in [-0.39, 0.29) is 17.6 Å². The third kappa shape index (κ3) is 10.5. The highest BCUT2D eigenvalue weighted by Crippen LogP contribution is 2.13. The Bertz CT molecular complexity index is 842. The van der Waals surface area contributed by atoms with Crippen molar-refractivity contribution in [1.82, 2.24) is 20.0 Å². The molecule has 13 heteroatoms. The van der Waals surface area contributed by atoms with Gasteiger partial charge in [-0.2, -0.15) is 13.2 Å².